The lowest BCUT2D eigenvalue weighted by Gasteiger charge is -2.10. The van der Waals surface area contributed by atoms with Crippen LogP contribution in [0.3, 0.4) is 0 Å². The molecule has 1 amide bonds. The van der Waals surface area contributed by atoms with Crippen molar-refractivity contribution in [1.29, 1.82) is 0 Å². The van der Waals surface area contributed by atoms with Gasteiger partial charge in [0.05, 0.1) is 10.8 Å². The number of carbonyl (C=O) groups excluding carboxylic acids is 1. The fourth-order valence-electron chi connectivity index (χ4n) is 2.22. The molecule has 122 valence electrons. The first-order chi connectivity index (χ1) is 11.0. The van der Waals surface area contributed by atoms with Crippen LogP contribution in [-0.4, -0.2) is 31.4 Å². The van der Waals surface area contributed by atoms with E-state index in [0.717, 1.165) is 23.8 Å². The average molecular weight is 352 g/mol. The van der Waals surface area contributed by atoms with E-state index in [2.05, 4.69) is 38.9 Å². The highest BCUT2D eigenvalue weighted by molar-refractivity contribution is 7.99. The summed E-state index contributed by atoms with van der Waals surface area (Å²) in [6, 6.07) is 3.86. The number of anilines is 1. The number of rotatable bonds is 6. The van der Waals surface area contributed by atoms with E-state index in [4.69, 9.17) is 11.6 Å². The number of hydrogen-bond donors (Lipinski definition) is 1. The van der Waals surface area contributed by atoms with Crippen molar-refractivity contribution in [2.24, 2.45) is 0 Å². The molecule has 2 heterocycles. The minimum atomic E-state index is -0.124. The molecular formula is C15H18ClN5OS. The molecule has 2 aromatic heterocycles. The van der Waals surface area contributed by atoms with Gasteiger partial charge in [-0.25, -0.2) is 4.98 Å². The van der Waals surface area contributed by atoms with Gasteiger partial charge in [-0.15, -0.1) is 10.2 Å². The number of pyridine rings is 1. The molecule has 3 rings (SSSR count). The molecule has 1 N–H and O–H groups in total. The van der Waals surface area contributed by atoms with Crippen molar-refractivity contribution >= 4 is 35.1 Å². The number of aromatic nitrogens is 4. The summed E-state index contributed by atoms with van der Waals surface area (Å²) in [5, 5.41) is 12.6. The van der Waals surface area contributed by atoms with E-state index in [1.54, 1.807) is 12.1 Å². The zero-order valence-electron chi connectivity index (χ0n) is 13.0. The Morgan fingerprint density at radius 3 is 2.83 bits per heavy atom. The van der Waals surface area contributed by atoms with Crippen LogP contribution in [0, 0.1) is 0 Å². The molecule has 1 fully saturated rings. The summed E-state index contributed by atoms with van der Waals surface area (Å²) < 4.78 is 2.18. The molecule has 0 bridgehead atoms. The summed E-state index contributed by atoms with van der Waals surface area (Å²) in [4.78, 5) is 16.1. The van der Waals surface area contributed by atoms with Gasteiger partial charge in [-0.3, -0.25) is 4.79 Å². The minimum Gasteiger partial charge on any atom is -0.310 e. The highest BCUT2D eigenvalue weighted by Crippen LogP contribution is 2.40. The third-order valence-corrected chi connectivity index (χ3v) is 4.61. The number of nitrogens with zero attached hydrogens (tertiary/aromatic N) is 4. The van der Waals surface area contributed by atoms with Gasteiger partial charge in [-0.1, -0.05) is 37.2 Å². The van der Waals surface area contributed by atoms with Crippen LogP contribution in [-0.2, 0) is 4.79 Å². The zero-order chi connectivity index (χ0) is 16.4. The summed E-state index contributed by atoms with van der Waals surface area (Å²) in [6.45, 7) is 4.21. The first kappa shape index (κ1) is 16.3. The number of hydrogen-bond acceptors (Lipinski definition) is 5. The van der Waals surface area contributed by atoms with Gasteiger partial charge in [0, 0.05) is 18.2 Å². The molecule has 6 nitrogen and oxygen atoms in total. The fourth-order valence-corrected chi connectivity index (χ4v) is 3.14. The van der Waals surface area contributed by atoms with E-state index >= 15 is 0 Å². The maximum Gasteiger partial charge on any atom is 0.236 e. The minimum absolute atomic E-state index is 0.124. The van der Waals surface area contributed by atoms with Crippen molar-refractivity contribution < 1.29 is 4.79 Å². The molecule has 23 heavy (non-hydrogen) atoms. The van der Waals surface area contributed by atoms with Crippen LogP contribution in [0.1, 0.15) is 44.5 Å². The number of halogens is 1. The van der Waals surface area contributed by atoms with Gasteiger partial charge in [-0.05, 0) is 25.0 Å². The molecule has 0 saturated heterocycles. The average Bonchev–Trinajstić information content (AvgIpc) is 3.26. The maximum atomic E-state index is 12.0. The second kappa shape index (κ2) is 6.88. The normalized spacial score (nSPS) is 14.3. The van der Waals surface area contributed by atoms with Crippen LogP contribution in [0.5, 0.6) is 0 Å². The monoisotopic (exact) mass is 351 g/mol. The van der Waals surface area contributed by atoms with Crippen molar-refractivity contribution in [1.82, 2.24) is 19.7 Å². The first-order valence-corrected chi connectivity index (χ1v) is 8.90. The van der Waals surface area contributed by atoms with Crippen LogP contribution in [0.25, 0.3) is 0 Å². The molecule has 8 heteroatoms. The van der Waals surface area contributed by atoms with Crippen molar-refractivity contribution in [3.63, 3.8) is 0 Å². The smallest absolute Gasteiger partial charge is 0.236 e. The number of amides is 1. The Hall–Kier alpha value is -1.60. The molecule has 0 aliphatic heterocycles. The standard InChI is InChI=1S/C15H18ClN5OS/c1-9(2)14-19-20-15(21(14)11-4-5-11)23-8-13(22)18-12-6-3-10(16)7-17-12/h3,6-7,9,11H,4-5,8H2,1-2H3,(H,17,18,22). The third-order valence-electron chi connectivity index (χ3n) is 3.45. The zero-order valence-corrected chi connectivity index (χ0v) is 14.6. The summed E-state index contributed by atoms with van der Waals surface area (Å²) >= 11 is 7.18. The first-order valence-electron chi connectivity index (χ1n) is 7.53. The predicted molar refractivity (Wildman–Crippen MR) is 91.0 cm³/mol. The number of carbonyl (C=O) groups is 1. The summed E-state index contributed by atoms with van der Waals surface area (Å²) in [7, 11) is 0. The lowest BCUT2D eigenvalue weighted by atomic mass is 10.2. The van der Waals surface area contributed by atoms with Gasteiger partial charge < -0.3 is 9.88 Å². The largest absolute Gasteiger partial charge is 0.310 e. The summed E-state index contributed by atoms with van der Waals surface area (Å²) in [5.41, 5.74) is 0. The van der Waals surface area contributed by atoms with E-state index < -0.39 is 0 Å². The molecule has 1 aliphatic rings. The van der Waals surface area contributed by atoms with Crippen LogP contribution in [0.15, 0.2) is 23.5 Å². The van der Waals surface area contributed by atoms with Crippen LogP contribution >= 0.6 is 23.4 Å². The SMILES string of the molecule is CC(C)c1nnc(SCC(=O)Nc2ccc(Cl)cn2)n1C1CC1. The van der Waals surface area contributed by atoms with E-state index in [0.29, 0.717) is 22.8 Å². The Bertz CT molecular complexity index is 696. The molecule has 1 aliphatic carbocycles. The molecule has 0 aromatic carbocycles. The highest BCUT2D eigenvalue weighted by Gasteiger charge is 2.30. The summed E-state index contributed by atoms with van der Waals surface area (Å²) in [6.07, 6.45) is 3.82. The molecule has 2 aromatic rings. The molecule has 0 unspecified atom stereocenters. The van der Waals surface area contributed by atoms with Crippen molar-refractivity contribution in [2.75, 3.05) is 11.1 Å². The van der Waals surface area contributed by atoms with E-state index in [1.807, 2.05) is 0 Å². The number of nitrogens with one attached hydrogen (secondary N) is 1. The lowest BCUT2D eigenvalue weighted by Crippen LogP contribution is -2.15. The lowest BCUT2D eigenvalue weighted by molar-refractivity contribution is -0.113. The van der Waals surface area contributed by atoms with Crippen LogP contribution in [0.2, 0.25) is 5.02 Å². The quantitative estimate of drug-likeness (QED) is 0.806. The molecular weight excluding hydrogens is 334 g/mol. The van der Waals surface area contributed by atoms with Crippen LogP contribution in [0.4, 0.5) is 5.82 Å². The van der Waals surface area contributed by atoms with Gasteiger partial charge in [0.25, 0.3) is 0 Å². The van der Waals surface area contributed by atoms with Gasteiger partial charge in [0.15, 0.2) is 5.16 Å². The van der Waals surface area contributed by atoms with Crippen molar-refractivity contribution in [3.05, 3.63) is 29.2 Å². The fraction of sp³-hybridized carbons (Fsp3) is 0.467. The Morgan fingerprint density at radius 2 is 2.22 bits per heavy atom. The van der Waals surface area contributed by atoms with Gasteiger partial charge in [-0.2, -0.15) is 0 Å². The van der Waals surface area contributed by atoms with E-state index in [1.165, 1.54) is 18.0 Å². The number of thioether (sulfide) groups is 1. The summed E-state index contributed by atoms with van der Waals surface area (Å²) in [5.74, 6) is 1.96. The predicted octanol–water partition coefficient (Wildman–Crippen LogP) is 3.52. The van der Waals surface area contributed by atoms with Crippen LogP contribution < -0.4 is 5.32 Å². The Balaban J connectivity index is 1.62. The third kappa shape index (κ3) is 4.03. The molecule has 0 spiro atoms. The van der Waals surface area contributed by atoms with Gasteiger partial charge >= 0.3 is 0 Å². The Kier molecular flexibility index (Phi) is 4.87. The van der Waals surface area contributed by atoms with Gasteiger partial charge in [0.2, 0.25) is 5.91 Å². The van der Waals surface area contributed by atoms with Gasteiger partial charge in [0.1, 0.15) is 11.6 Å². The second-order valence-electron chi connectivity index (χ2n) is 5.80. The van der Waals surface area contributed by atoms with E-state index in [9.17, 15) is 4.79 Å². The van der Waals surface area contributed by atoms with Crippen molar-refractivity contribution in [2.45, 2.75) is 43.8 Å². The Labute approximate surface area is 144 Å². The highest BCUT2D eigenvalue weighted by atomic mass is 35.5. The van der Waals surface area contributed by atoms with E-state index in [-0.39, 0.29) is 11.7 Å². The Morgan fingerprint density at radius 1 is 1.43 bits per heavy atom. The molecule has 0 atom stereocenters. The second-order valence-corrected chi connectivity index (χ2v) is 7.17. The molecule has 1 saturated carbocycles. The molecule has 0 radical (unpaired) electrons. The topological polar surface area (TPSA) is 72.7 Å². The van der Waals surface area contributed by atoms with Crippen molar-refractivity contribution in [3.8, 4) is 0 Å². The maximum absolute atomic E-state index is 12.0.